The van der Waals surface area contributed by atoms with Crippen molar-refractivity contribution in [2.75, 3.05) is 0 Å². The van der Waals surface area contributed by atoms with Gasteiger partial charge in [-0.2, -0.15) is 5.26 Å². The molecule has 0 unspecified atom stereocenters. The highest BCUT2D eigenvalue weighted by molar-refractivity contribution is 7.10. The predicted molar refractivity (Wildman–Crippen MR) is 84.8 cm³/mol. The Hall–Kier alpha value is -2.06. The molecule has 5 heteroatoms. The number of thiophene rings is 1. The van der Waals surface area contributed by atoms with Gasteiger partial charge >= 0.3 is 0 Å². The molecule has 0 aromatic carbocycles. The van der Waals surface area contributed by atoms with E-state index in [0.717, 1.165) is 10.4 Å². The summed E-state index contributed by atoms with van der Waals surface area (Å²) in [7, 11) is 0. The molecule has 1 aromatic rings. The third-order valence-electron chi connectivity index (χ3n) is 4.24. The van der Waals surface area contributed by atoms with Gasteiger partial charge in [0.2, 0.25) is 5.88 Å². The number of carbonyl (C=O) groups is 1. The Bertz CT molecular complexity index is 762. The second kappa shape index (κ2) is 4.99. The smallest absolute Gasteiger partial charge is 0.205 e. The molecule has 0 saturated heterocycles. The Kier molecular flexibility index (Phi) is 3.37. The van der Waals surface area contributed by atoms with E-state index < -0.39 is 0 Å². The quantitative estimate of drug-likeness (QED) is 0.860. The van der Waals surface area contributed by atoms with E-state index in [1.54, 1.807) is 11.3 Å². The Morgan fingerprint density at radius 2 is 2.18 bits per heavy atom. The monoisotopic (exact) mass is 314 g/mol. The van der Waals surface area contributed by atoms with Crippen molar-refractivity contribution in [3.8, 4) is 6.07 Å². The number of carbonyl (C=O) groups excluding carboxylic acids is 1. The van der Waals surface area contributed by atoms with Crippen LogP contribution in [0.5, 0.6) is 0 Å². The van der Waals surface area contributed by atoms with Crippen LogP contribution >= 0.6 is 11.3 Å². The molecule has 2 aliphatic rings. The summed E-state index contributed by atoms with van der Waals surface area (Å²) in [4.78, 5) is 13.7. The SMILES string of the molecule is Cc1ccsc1[C@H]1C(C#N)=C(N)OC2=C1C(=O)CC(C)(C)C2. The number of rotatable bonds is 1. The van der Waals surface area contributed by atoms with E-state index in [2.05, 4.69) is 6.07 Å². The maximum atomic E-state index is 12.7. The maximum absolute atomic E-state index is 12.7. The number of nitrogens with two attached hydrogens (primary N) is 1. The molecular weight excluding hydrogens is 296 g/mol. The maximum Gasteiger partial charge on any atom is 0.205 e. The summed E-state index contributed by atoms with van der Waals surface area (Å²) < 4.78 is 5.67. The topological polar surface area (TPSA) is 76.1 Å². The molecule has 114 valence electrons. The summed E-state index contributed by atoms with van der Waals surface area (Å²) in [6, 6.07) is 4.14. The van der Waals surface area contributed by atoms with Crippen molar-refractivity contribution < 1.29 is 9.53 Å². The van der Waals surface area contributed by atoms with E-state index in [9.17, 15) is 10.1 Å². The third kappa shape index (κ3) is 2.24. The van der Waals surface area contributed by atoms with E-state index in [-0.39, 0.29) is 23.0 Å². The van der Waals surface area contributed by atoms with Gasteiger partial charge in [0, 0.05) is 23.3 Å². The summed E-state index contributed by atoms with van der Waals surface area (Å²) in [6.07, 6.45) is 1.13. The highest BCUT2D eigenvalue weighted by atomic mass is 32.1. The lowest BCUT2D eigenvalue weighted by molar-refractivity contribution is -0.119. The molecule has 0 spiro atoms. The molecule has 22 heavy (non-hydrogen) atoms. The van der Waals surface area contributed by atoms with Gasteiger partial charge < -0.3 is 10.5 Å². The van der Waals surface area contributed by atoms with E-state index in [0.29, 0.717) is 29.7 Å². The number of hydrogen-bond acceptors (Lipinski definition) is 5. The van der Waals surface area contributed by atoms with Gasteiger partial charge in [0.15, 0.2) is 5.78 Å². The Balaban J connectivity index is 2.20. The molecule has 0 fully saturated rings. The van der Waals surface area contributed by atoms with Gasteiger partial charge in [0.05, 0.1) is 5.92 Å². The second-order valence-electron chi connectivity index (χ2n) is 6.67. The number of nitrogens with zero attached hydrogens (tertiary/aromatic N) is 1. The average Bonchev–Trinajstić information content (AvgIpc) is 2.81. The van der Waals surface area contributed by atoms with Gasteiger partial charge in [0.25, 0.3) is 0 Å². The lowest BCUT2D eigenvalue weighted by atomic mass is 9.71. The molecule has 0 saturated carbocycles. The summed E-state index contributed by atoms with van der Waals surface area (Å²) in [5, 5.41) is 11.5. The third-order valence-corrected chi connectivity index (χ3v) is 5.32. The molecule has 1 atom stereocenters. The lowest BCUT2D eigenvalue weighted by Gasteiger charge is -2.37. The Morgan fingerprint density at radius 1 is 1.45 bits per heavy atom. The van der Waals surface area contributed by atoms with Gasteiger partial charge in [-0.3, -0.25) is 4.79 Å². The van der Waals surface area contributed by atoms with Crippen LogP contribution in [-0.4, -0.2) is 5.78 Å². The van der Waals surface area contributed by atoms with Crippen LogP contribution in [0.2, 0.25) is 0 Å². The average molecular weight is 314 g/mol. The zero-order valence-corrected chi connectivity index (χ0v) is 13.7. The summed E-state index contributed by atoms with van der Waals surface area (Å²) >= 11 is 1.55. The molecule has 1 aliphatic carbocycles. The Labute approximate surface area is 133 Å². The molecule has 0 radical (unpaired) electrons. The van der Waals surface area contributed by atoms with Crippen molar-refractivity contribution in [1.29, 1.82) is 5.26 Å². The van der Waals surface area contributed by atoms with Crippen LogP contribution < -0.4 is 5.73 Å². The standard InChI is InChI=1S/C17H18N2O2S/c1-9-4-5-22-15(9)13-10(8-18)16(19)21-12-7-17(2,3)6-11(20)14(12)13/h4-5,13H,6-7,19H2,1-3H3/t13-/m0/s1. The van der Waals surface area contributed by atoms with Crippen LogP contribution in [0.3, 0.4) is 0 Å². The van der Waals surface area contributed by atoms with Crippen molar-refractivity contribution in [2.24, 2.45) is 11.1 Å². The minimum atomic E-state index is -0.377. The molecule has 1 aliphatic heterocycles. The highest BCUT2D eigenvalue weighted by Crippen LogP contribution is 2.49. The van der Waals surface area contributed by atoms with E-state index in [4.69, 9.17) is 10.5 Å². The van der Waals surface area contributed by atoms with Crippen LogP contribution in [0.4, 0.5) is 0 Å². The minimum Gasteiger partial charge on any atom is -0.444 e. The van der Waals surface area contributed by atoms with E-state index in [1.807, 2.05) is 32.2 Å². The van der Waals surface area contributed by atoms with Crippen LogP contribution in [0.15, 0.2) is 34.2 Å². The number of ketones is 1. The summed E-state index contributed by atoms with van der Waals surface area (Å²) in [5.41, 5.74) is 7.86. The molecule has 1 aromatic heterocycles. The van der Waals surface area contributed by atoms with Gasteiger partial charge in [-0.05, 0) is 29.3 Å². The molecular formula is C17H18N2O2S. The largest absolute Gasteiger partial charge is 0.444 e. The molecule has 0 amide bonds. The number of hydrogen-bond donors (Lipinski definition) is 1. The number of Topliss-reactive ketones (excluding diaryl/α,β-unsaturated/α-hetero) is 1. The van der Waals surface area contributed by atoms with Crippen molar-refractivity contribution in [1.82, 2.24) is 0 Å². The molecule has 2 N–H and O–H groups in total. The van der Waals surface area contributed by atoms with Crippen molar-refractivity contribution >= 4 is 17.1 Å². The first-order valence-corrected chi connectivity index (χ1v) is 8.10. The van der Waals surface area contributed by atoms with Crippen LogP contribution in [0.1, 0.15) is 43.0 Å². The fourth-order valence-corrected chi connectivity index (χ4v) is 4.27. The number of aryl methyl sites for hydroxylation is 1. The normalized spacial score (nSPS) is 23.9. The number of allylic oxidation sites excluding steroid dienone is 3. The minimum absolute atomic E-state index is 0.0595. The van der Waals surface area contributed by atoms with E-state index >= 15 is 0 Å². The van der Waals surface area contributed by atoms with Crippen LogP contribution in [0, 0.1) is 23.7 Å². The summed E-state index contributed by atoms with van der Waals surface area (Å²) in [5.74, 6) is 0.446. The van der Waals surface area contributed by atoms with Crippen LogP contribution in [-0.2, 0) is 9.53 Å². The number of ether oxygens (including phenoxy) is 1. The van der Waals surface area contributed by atoms with E-state index in [1.165, 1.54) is 0 Å². The van der Waals surface area contributed by atoms with Gasteiger partial charge in [-0.25, -0.2) is 0 Å². The zero-order chi connectivity index (χ0) is 16.1. The fourth-order valence-electron chi connectivity index (χ4n) is 3.23. The van der Waals surface area contributed by atoms with Gasteiger partial charge in [-0.1, -0.05) is 13.8 Å². The molecule has 0 bridgehead atoms. The Morgan fingerprint density at radius 3 is 2.77 bits per heavy atom. The highest BCUT2D eigenvalue weighted by Gasteiger charge is 2.43. The number of nitriles is 1. The van der Waals surface area contributed by atoms with Crippen molar-refractivity contribution in [2.45, 2.75) is 39.5 Å². The fraction of sp³-hybridized carbons (Fsp3) is 0.412. The first-order valence-electron chi connectivity index (χ1n) is 7.22. The van der Waals surface area contributed by atoms with Crippen molar-refractivity contribution in [3.63, 3.8) is 0 Å². The van der Waals surface area contributed by atoms with Gasteiger partial charge in [-0.15, -0.1) is 11.3 Å². The first-order chi connectivity index (χ1) is 10.3. The van der Waals surface area contributed by atoms with Gasteiger partial charge in [0.1, 0.15) is 17.4 Å². The zero-order valence-electron chi connectivity index (χ0n) is 12.9. The van der Waals surface area contributed by atoms with Crippen LogP contribution in [0.25, 0.3) is 0 Å². The second-order valence-corrected chi connectivity index (χ2v) is 7.62. The first kappa shape index (κ1) is 14.9. The predicted octanol–water partition coefficient (Wildman–Crippen LogP) is 3.51. The van der Waals surface area contributed by atoms with Crippen molar-refractivity contribution in [3.05, 3.63) is 44.7 Å². The lowest BCUT2D eigenvalue weighted by Crippen LogP contribution is -2.33. The molecule has 4 nitrogen and oxygen atoms in total. The molecule has 2 heterocycles. The summed E-state index contributed by atoms with van der Waals surface area (Å²) in [6.45, 7) is 6.08. The molecule has 3 rings (SSSR count).